The molecule has 0 amide bonds. The van der Waals surface area contributed by atoms with Gasteiger partial charge in [-0.3, -0.25) is 4.79 Å². The van der Waals surface area contributed by atoms with Crippen LogP contribution in [0.5, 0.6) is 0 Å². The number of rotatable bonds is 5. The van der Waals surface area contributed by atoms with Crippen molar-refractivity contribution < 1.29 is 9.90 Å². The molecule has 17 heavy (non-hydrogen) atoms. The van der Waals surface area contributed by atoms with Gasteiger partial charge in [-0.2, -0.15) is 0 Å². The number of benzene rings is 1. The molecule has 2 aromatic rings. The van der Waals surface area contributed by atoms with Gasteiger partial charge in [-0.1, -0.05) is 25.1 Å². The fourth-order valence-corrected chi connectivity index (χ4v) is 2.64. The largest absolute Gasteiger partial charge is 0.481 e. The van der Waals surface area contributed by atoms with Crippen LogP contribution in [-0.2, 0) is 11.3 Å². The summed E-state index contributed by atoms with van der Waals surface area (Å²) in [5, 5.41) is 15.3. The highest BCUT2D eigenvalue weighted by Gasteiger charge is 2.10. The minimum absolute atomic E-state index is 0.347. The number of carboxylic acids is 1. The number of thiophene rings is 1. The predicted molar refractivity (Wildman–Crippen MR) is 70.3 cm³/mol. The van der Waals surface area contributed by atoms with Crippen LogP contribution in [0.1, 0.15) is 12.5 Å². The van der Waals surface area contributed by atoms with Crippen LogP contribution < -0.4 is 5.32 Å². The Labute approximate surface area is 104 Å². The second-order valence-corrected chi connectivity index (χ2v) is 5.04. The van der Waals surface area contributed by atoms with Crippen molar-refractivity contribution >= 4 is 27.4 Å². The molecule has 3 nitrogen and oxygen atoms in total. The van der Waals surface area contributed by atoms with E-state index in [1.165, 1.54) is 15.6 Å². The lowest BCUT2D eigenvalue weighted by atomic mass is 10.1. The molecule has 0 fully saturated rings. The van der Waals surface area contributed by atoms with Crippen LogP contribution in [0.4, 0.5) is 0 Å². The van der Waals surface area contributed by atoms with Gasteiger partial charge in [0.1, 0.15) is 0 Å². The topological polar surface area (TPSA) is 49.3 Å². The molecule has 1 heterocycles. The number of hydrogen-bond donors (Lipinski definition) is 2. The van der Waals surface area contributed by atoms with Crippen molar-refractivity contribution in [3.63, 3.8) is 0 Å². The van der Waals surface area contributed by atoms with Gasteiger partial charge in [0.15, 0.2) is 0 Å². The average Bonchev–Trinajstić information content (AvgIpc) is 2.72. The Hall–Kier alpha value is -1.39. The van der Waals surface area contributed by atoms with E-state index in [4.69, 9.17) is 5.11 Å². The number of fused-ring (bicyclic) bond motifs is 1. The number of aliphatic carboxylic acids is 1. The summed E-state index contributed by atoms with van der Waals surface area (Å²) in [6.07, 6.45) is 0. The fraction of sp³-hybridized carbons (Fsp3) is 0.308. The zero-order chi connectivity index (χ0) is 12.3. The summed E-state index contributed by atoms with van der Waals surface area (Å²) in [5.74, 6) is -1.10. The van der Waals surface area contributed by atoms with Gasteiger partial charge in [-0.05, 0) is 22.4 Å². The van der Waals surface area contributed by atoms with E-state index in [-0.39, 0.29) is 5.92 Å². The number of hydrogen-bond acceptors (Lipinski definition) is 3. The third-order valence-electron chi connectivity index (χ3n) is 2.75. The van der Waals surface area contributed by atoms with Crippen molar-refractivity contribution in [3.05, 3.63) is 35.2 Å². The first-order valence-corrected chi connectivity index (χ1v) is 6.45. The first-order chi connectivity index (χ1) is 8.18. The molecule has 90 valence electrons. The van der Waals surface area contributed by atoms with Gasteiger partial charge >= 0.3 is 5.97 Å². The molecule has 0 aliphatic heterocycles. The summed E-state index contributed by atoms with van der Waals surface area (Å²) in [6.45, 7) is 2.93. The highest BCUT2D eigenvalue weighted by atomic mass is 32.1. The van der Waals surface area contributed by atoms with Gasteiger partial charge in [0.2, 0.25) is 0 Å². The van der Waals surface area contributed by atoms with Crippen molar-refractivity contribution in [1.29, 1.82) is 0 Å². The van der Waals surface area contributed by atoms with E-state index < -0.39 is 5.97 Å². The summed E-state index contributed by atoms with van der Waals surface area (Å²) in [5.41, 5.74) is 1.24. The first-order valence-electron chi connectivity index (χ1n) is 5.57. The van der Waals surface area contributed by atoms with Gasteiger partial charge in [0.05, 0.1) is 5.92 Å². The molecule has 2 N–H and O–H groups in total. The lowest BCUT2D eigenvalue weighted by Crippen LogP contribution is -2.25. The molecule has 0 saturated heterocycles. The smallest absolute Gasteiger partial charge is 0.307 e. The Balaban J connectivity index is 1.98. The molecule has 1 aromatic carbocycles. The second-order valence-electron chi connectivity index (χ2n) is 4.13. The van der Waals surface area contributed by atoms with Crippen molar-refractivity contribution in [2.45, 2.75) is 13.5 Å². The minimum Gasteiger partial charge on any atom is -0.481 e. The third-order valence-corrected chi connectivity index (χ3v) is 3.76. The summed E-state index contributed by atoms with van der Waals surface area (Å²) in [7, 11) is 0. The van der Waals surface area contributed by atoms with Gasteiger partial charge in [-0.15, -0.1) is 11.3 Å². The zero-order valence-electron chi connectivity index (χ0n) is 9.64. The third kappa shape index (κ3) is 2.84. The van der Waals surface area contributed by atoms with Crippen LogP contribution >= 0.6 is 11.3 Å². The van der Waals surface area contributed by atoms with Crippen LogP contribution in [0, 0.1) is 5.92 Å². The molecule has 0 saturated carbocycles. The van der Waals surface area contributed by atoms with E-state index in [0.29, 0.717) is 6.54 Å². The maximum absolute atomic E-state index is 10.7. The fourth-order valence-electron chi connectivity index (χ4n) is 1.68. The molecule has 0 radical (unpaired) electrons. The van der Waals surface area contributed by atoms with E-state index in [1.807, 2.05) is 12.1 Å². The molecule has 0 aliphatic rings. The normalized spacial score (nSPS) is 12.8. The number of carbonyl (C=O) groups is 1. The van der Waals surface area contributed by atoms with Crippen LogP contribution in [0.2, 0.25) is 0 Å². The van der Waals surface area contributed by atoms with Gasteiger partial charge in [-0.25, -0.2) is 0 Å². The van der Waals surface area contributed by atoms with Crippen LogP contribution in [0.25, 0.3) is 10.1 Å². The van der Waals surface area contributed by atoms with E-state index in [1.54, 1.807) is 18.3 Å². The molecule has 0 aliphatic carbocycles. The van der Waals surface area contributed by atoms with E-state index in [0.717, 1.165) is 6.54 Å². The van der Waals surface area contributed by atoms with Crippen molar-refractivity contribution in [3.8, 4) is 0 Å². The molecule has 1 unspecified atom stereocenters. The van der Waals surface area contributed by atoms with Gasteiger partial charge in [0, 0.05) is 17.8 Å². The molecule has 1 atom stereocenters. The average molecular weight is 249 g/mol. The van der Waals surface area contributed by atoms with Crippen molar-refractivity contribution in [1.82, 2.24) is 5.32 Å². The van der Waals surface area contributed by atoms with Crippen LogP contribution in [0.3, 0.4) is 0 Å². The molecule has 4 heteroatoms. The molecule has 0 bridgehead atoms. The highest BCUT2D eigenvalue weighted by molar-refractivity contribution is 7.17. The SMILES string of the molecule is CC(CNCc1csc2ccccc12)C(=O)O. The minimum atomic E-state index is -0.757. The van der Waals surface area contributed by atoms with E-state index >= 15 is 0 Å². The lowest BCUT2D eigenvalue weighted by molar-refractivity contribution is -0.140. The molecule has 1 aromatic heterocycles. The van der Waals surface area contributed by atoms with Crippen molar-refractivity contribution in [2.75, 3.05) is 6.54 Å². The number of nitrogens with one attached hydrogen (secondary N) is 1. The maximum atomic E-state index is 10.7. The van der Waals surface area contributed by atoms with Gasteiger partial charge in [0.25, 0.3) is 0 Å². The van der Waals surface area contributed by atoms with Crippen LogP contribution in [-0.4, -0.2) is 17.6 Å². The Morgan fingerprint density at radius 1 is 1.47 bits per heavy atom. The molecule has 0 spiro atoms. The standard InChI is InChI=1S/C13H15NO2S/c1-9(13(15)16)6-14-7-10-8-17-12-5-3-2-4-11(10)12/h2-5,8-9,14H,6-7H2,1H3,(H,15,16). The summed E-state index contributed by atoms with van der Waals surface area (Å²) < 4.78 is 1.27. The molecule has 2 rings (SSSR count). The monoisotopic (exact) mass is 249 g/mol. The Morgan fingerprint density at radius 3 is 3.00 bits per heavy atom. The molecular weight excluding hydrogens is 234 g/mol. The Morgan fingerprint density at radius 2 is 2.24 bits per heavy atom. The summed E-state index contributed by atoms with van der Waals surface area (Å²) in [6, 6.07) is 8.26. The second kappa shape index (κ2) is 5.29. The number of carboxylic acid groups (broad SMARTS) is 1. The van der Waals surface area contributed by atoms with E-state index in [2.05, 4.69) is 22.8 Å². The summed E-state index contributed by atoms with van der Waals surface area (Å²) >= 11 is 1.72. The maximum Gasteiger partial charge on any atom is 0.307 e. The Bertz CT molecular complexity index is 521. The Kier molecular flexibility index (Phi) is 3.76. The first kappa shape index (κ1) is 12.1. The van der Waals surface area contributed by atoms with Crippen molar-refractivity contribution in [2.24, 2.45) is 5.92 Å². The van der Waals surface area contributed by atoms with E-state index in [9.17, 15) is 4.79 Å². The summed E-state index contributed by atoms with van der Waals surface area (Å²) in [4.78, 5) is 10.7. The molecular formula is C13H15NO2S. The highest BCUT2D eigenvalue weighted by Crippen LogP contribution is 2.25. The predicted octanol–water partition coefficient (Wildman–Crippen LogP) is 2.71. The van der Waals surface area contributed by atoms with Crippen LogP contribution in [0.15, 0.2) is 29.6 Å². The quantitative estimate of drug-likeness (QED) is 0.856. The van der Waals surface area contributed by atoms with Gasteiger partial charge < -0.3 is 10.4 Å². The zero-order valence-corrected chi connectivity index (χ0v) is 10.5. The lowest BCUT2D eigenvalue weighted by Gasteiger charge is -2.07.